The van der Waals surface area contributed by atoms with Gasteiger partial charge >= 0.3 is 0 Å². The van der Waals surface area contributed by atoms with E-state index in [1.54, 1.807) is 35.2 Å². The highest BCUT2D eigenvalue weighted by atomic mass is 32.2. The molecule has 1 fully saturated rings. The summed E-state index contributed by atoms with van der Waals surface area (Å²) < 4.78 is 7.01. The van der Waals surface area contributed by atoms with Gasteiger partial charge in [0.05, 0.1) is 40.3 Å². The van der Waals surface area contributed by atoms with Gasteiger partial charge in [0.1, 0.15) is 0 Å². The fraction of sp³-hybridized carbons (Fsp3) is 0.267. The molecule has 4 aromatic rings. The van der Waals surface area contributed by atoms with E-state index in [-0.39, 0.29) is 23.5 Å². The van der Waals surface area contributed by atoms with E-state index in [1.807, 2.05) is 32.9 Å². The summed E-state index contributed by atoms with van der Waals surface area (Å²) in [4.78, 5) is 45.2. The first-order chi connectivity index (χ1) is 19.3. The molecule has 5 rings (SSSR count). The number of benzene rings is 3. The summed E-state index contributed by atoms with van der Waals surface area (Å²) in [6.45, 7) is 8.02. The first-order valence-electron chi connectivity index (χ1n) is 13.0. The van der Waals surface area contributed by atoms with E-state index in [2.05, 4.69) is 27.8 Å². The lowest BCUT2D eigenvalue weighted by Gasteiger charge is -2.27. The van der Waals surface area contributed by atoms with Crippen LogP contribution in [0.25, 0.3) is 10.2 Å². The Morgan fingerprint density at radius 1 is 0.950 bits per heavy atom. The molecule has 1 aliphatic heterocycles. The molecule has 10 heteroatoms. The first kappa shape index (κ1) is 27.8. The van der Waals surface area contributed by atoms with E-state index < -0.39 is 0 Å². The van der Waals surface area contributed by atoms with Crippen molar-refractivity contribution < 1.29 is 19.1 Å². The monoisotopic (exact) mass is 574 g/mol. The van der Waals surface area contributed by atoms with Gasteiger partial charge in [-0.05, 0) is 62.2 Å². The summed E-state index contributed by atoms with van der Waals surface area (Å²) in [5, 5.41) is 5.95. The number of aryl methyl sites for hydroxylation is 3. The molecular weight excluding hydrogens is 544 g/mol. The highest BCUT2D eigenvalue weighted by molar-refractivity contribution is 8.01. The van der Waals surface area contributed by atoms with Crippen LogP contribution in [0.3, 0.4) is 0 Å². The van der Waals surface area contributed by atoms with Crippen molar-refractivity contribution in [1.82, 2.24) is 9.88 Å². The minimum atomic E-state index is -0.353. The summed E-state index contributed by atoms with van der Waals surface area (Å²) in [5.41, 5.74) is 6.19. The van der Waals surface area contributed by atoms with Crippen molar-refractivity contribution in [3.8, 4) is 0 Å². The standard InChI is InChI=1S/C30H30N4O4S2/c1-18-14-19(2)27(20(3)15-18)33-26(35)17-39-30-32-24-9-8-21(16-25(24)40-30)31-28(36)22-6-4-5-7-23(22)29(37)34-10-12-38-13-11-34/h4-9,14-16H,10-13,17H2,1-3H3,(H,31,36)(H,33,35). The van der Waals surface area contributed by atoms with Gasteiger partial charge in [-0.3, -0.25) is 14.4 Å². The van der Waals surface area contributed by atoms with Gasteiger partial charge in [0.2, 0.25) is 5.91 Å². The number of fused-ring (bicyclic) bond motifs is 1. The second-order valence-electron chi connectivity index (χ2n) is 9.68. The van der Waals surface area contributed by atoms with Gasteiger partial charge in [0.25, 0.3) is 11.8 Å². The number of amides is 3. The first-order valence-corrected chi connectivity index (χ1v) is 14.8. The third-order valence-corrected chi connectivity index (χ3v) is 8.76. The van der Waals surface area contributed by atoms with Crippen LogP contribution in [-0.4, -0.2) is 59.7 Å². The van der Waals surface area contributed by atoms with E-state index in [4.69, 9.17) is 4.74 Å². The molecule has 2 heterocycles. The number of thiazole rings is 1. The molecule has 0 atom stereocenters. The van der Waals surface area contributed by atoms with Crippen LogP contribution in [0.1, 0.15) is 37.4 Å². The van der Waals surface area contributed by atoms with Crippen molar-refractivity contribution in [2.24, 2.45) is 0 Å². The molecule has 0 aliphatic carbocycles. The number of rotatable bonds is 7. The number of aromatic nitrogens is 1. The summed E-state index contributed by atoms with van der Waals surface area (Å²) in [5.74, 6) is -0.374. The van der Waals surface area contributed by atoms with Crippen LogP contribution in [0.5, 0.6) is 0 Å². The number of morpholine rings is 1. The number of nitrogens with zero attached hydrogens (tertiary/aromatic N) is 2. The van der Waals surface area contributed by atoms with Crippen molar-refractivity contribution in [3.05, 3.63) is 82.4 Å². The normalized spacial score (nSPS) is 13.3. The number of anilines is 2. The van der Waals surface area contributed by atoms with Crippen molar-refractivity contribution in [2.45, 2.75) is 25.1 Å². The van der Waals surface area contributed by atoms with Crippen LogP contribution in [0.15, 0.2) is 58.9 Å². The highest BCUT2D eigenvalue weighted by Gasteiger charge is 2.23. The molecule has 206 valence electrons. The Morgan fingerprint density at radius 3 is 2.38 bits per heavy atom. The molecule has 0 saturated carbocycles. The predicted molar refractivity (Wildman–Crippen MR) is 161 cm³/mol. The number of carbonyl (C=O) groups excluding carboxylic acids is 3. The van der Waals surface area contributed by atoms with Crippen molar-refractivity contribution >= 4 is 62.4 Å². The SMILES string of the molecule is Cc1cc(C)c(NC(=O)CSc2nc3ccc(NC(=O)c4ccccc4C(=O)N4CCOCC4)cc3s2)c(C)c1. The zero-order valence-electron chi connectivity index (χ0n) is 22.6. The Balaban J connectivity index is 1.24. The summed E-state index contributed by atoms with van der Waals surface area (Å²) in [6.07, 6.45) is 0. The third kappa shape index (κ3) is 6.35. The van der Waals surface area contributed by atoms with Gasteiger partial charge in [-0.2, -0.15) is 0 Å². The van der Waals surface area contributed by atoms with E-state index in [9.17, 15) is 14.4 Å². The number of hydrogen-bond acceptors (Lipinski definition) is 7. The molecular formula is C30H30N4O4S2. The molecule has 1 aromatic heterocycles. The van der Waals surface area contributed by atoms with Crippen LogP contribution in [-0.2, 0) is 9.53 Å². The van der Waals surface area contributed by atoms with Crippen molar-refractivity contribution in [2.75, 3.05) is 42.7 Å². The fourth-order valence-corrected chi connectivity index (χ4v) is 6.63. The van der Waals surface area contributed by atoms with Crippen molar-refractivity contribution in [3.63, 3.8) is 0 Å². The van der Waals surface area contributed by atoms with Crippen LogP contribution >= 0.6 is 23.1 Å². The van der Waals surface area contributed by atoms with Gasteiger partial charge in [-0.1, -0.05) is 41.6 Å². The molecule has 0 bridgehead atoms. The maximum Gasteiger partial charge on any atom is 0.256 e. The number of nitrogens with one attached hydrogen (secondary N) is 2. The molecule has 1 saturated heterocycles. The fourth-order valence-electron chi connectivity index (χ4n) is 4.73. The Kier molecular flexibility index (Phi) is 8.49. The lowest BCUT2D eigenvalue weighted by Crippen LogP contribution is -2.41. The maximum absolute atomic E-state index is 13.2. The average molecular weight is 575 g/mol. The van der Waals surface area contributed by atoms with Gasteiger partial charge in [0, 0.05) is 24.5 Å². The molecule has 8 nitrogen and oxygen atoms in total. The van der Waals surface area contributed by atoms with Gasteiger partial charge in [-0.15, -0.1) is 11.3 Å². The van der Waals surface area contributed by atoms with Crippen LogP contribution in [0, 0.1) is 20.8 Å². The van der Waals surface area contributed by atoms with E-state index in [0.29, 0.717) is 43.1 Å². The van der Waals surface area contributed by atoms with Gasteiger partial charge in [-0.25, -0.2) is 4.98 Å². The molecule has 1 aliphatic rings. The molecule has 2 N–H and O–H groups in total. The number of hydrogen-bond donors (Lipinski definition) is 2. The quantitative estimate of drug-likeness (QED) is 0.276. The maximum atomic E-state index is 13.2. The molecule has 0 radical (unpaired) electrons. The Bertz CT molecular complexity index is 1570. The largest absolute Gasteiger partial charge is 0.378 e. The minimum absolute atomic E-state index is 0.0856. The smallest absolute Gasteiger partial charge is 0.256 e. The van der Waals surface area contributed by atoms with Gasteiger partial charge in [0.15, 0.2) is 4.34 Å². The zero-order valence-corrected chi connectivity index (χ0v) is 24.2. The Labute approximate surface area is 241 Å². The van der Waals surface area contributed by atoms with Crippen LogP contribution in [0.2, 0.25) is 0 Å². The van der Waals surface area contributed by atoms with E-state index in [1.165, 1.54) is 23.1 Å². The Hall–Kier alpha value is -3.73. The highest BCUT2D eigenvalue weighted by Crippen LogP contribution is 2.32. The second-order valence-corrected chi connectivity index (χ2v) is 11.9. The topological polar surface area (TPSA) is 101 Å². The number of ether oxygens (including phenoxy) is 1. The average Bonchev–Trinajstić information content (AvgIpc) is 3.36. The summed E-state index contributed by atoms with van der Waals surface area (Å²) in [7, 11) is 0. The van der Waals surface area contributed by atoms with Crippen LogP contribution in [0.4, 0.5) is 11.4 Å². The lowest BCUT2D eigenvalue weighted by molar-refractivity contribution is -0.113. The molecule has 3 aromatic carbocycles. The summed E-state index contributed by atoms with van der Waals surface area (Å²) in [6, 6.07) is 16.5. The van der Waals surface area contributed by atoms with E-state index >= 15 is 0 Å². The summed E-state index contributed by atoms with van der Waals surface area (Å²) >= 11 is 2.85. The zero-order chi connectivity index (χ0) is 28.2. The lowest BCUT2D eigenvalue weighted by atomic mass is 10.0. The third-order valence-electron chi connectivity index (χ3n) is 6.60. The number of thioether (sulfide) groups is 1. The Morgan fingerprint density at radius 2 is 1.65 bits per heavy atom. The van der Waals surface area contributed by atoms with Crippen molar-refractivity contribution in [1.29, 1.82) is 0 Å². The number of carbonyl (C=O) groups is 3. The predicted octanol–water partition coefficient (Wildman–Crippen LogP) is 5.68. The molecule has 0 unspecified atom stereocenters. The molecule has 0 spiro atoms. The second kappa shape index (κ2) is 12.2. The molecule has 40 heavy (non-hydrogen) atoms. The minimum Gasteiger partial charge on any atom is -0.378 e. The van der Waals surface area contributed by atoms with Crippen LogP contribution < -0.4 is 10.6 Å². The van der Waals surface area contributed by atoms with Gasteiger partial charge < -0.3 is 20.3 Å². The molecule has 3 amide bonds. The van der Waals surface area contributed by atoms with E-state index in [0.717, 1.165) is 36.9 Å².